The van der Waals surface area contributed by atoms with Crippen molar-refractivity contribution in [3.63, 3.8) is 0 Å². The topological polar surface area (TPSA) is 78.6 Å². The van der Waals surface area contributed by atoms with Crippen molar-refractivity contribution in [2.75, 3.05) is 11.9 Å². The second-order valence-corrected chi connectivity index (χ2v) is 4.03. The van der Waals surface area contributed by atoms with Crippen molar-refractivity contribution in [1.82, 2.24) is 0 Å². The average molecular weight is 258 g/mol. The summed E-state index contributed by atoms with van der Waals surface area (Å²) in [4.78, 5) is 34.2. The van der Waals surface area contributed by atoms with Crippen LogP contribution in [0.5, 0.6) is 0 Å². The summed E-state index contributed by atoms with van der Waals surface area (Å²) in [5.74, 6) is -1.45. The molecule has 1 aromatic rings. The van der Waals surface area contributed by atoms with Crippen molar-refractivity contribution < 1.29 is 19.1 Å². The summed E-state index contributed by atoms with van der Waals surface area (Å²) >= 11 is 0. The Morgan fingerprint density at radius 2 is 2.00 bits per heavy atom. The van der Waals surface area contributed by atoms with Crippen LogP contribution < -0.4 is 5.32 Å². The molecule has 1 aromatic carbocycles. The number of anilines is 1. The van der Waals surface area contributed by atoms with Crippen LogP contribution in [0.4, 0.5) is 5.69 Å². The summed E-state index contributed by atoms with van der Waals surface area (Å²) in [6.07, 6.45) is 2.16. The number of benzene rings is 1. The van der Waals surface area contributed by atoms with E-state index in [2.05, 4.69) is 10.4 Å². The van der Waals surface area contributed by atoms with Crippen molar-refractivity contribution in [3.05, 3.63) is 42.0 Å². The van der Waals surface area contributed by atoms with Gasteiger partial charge in [-0.15, -0.1) is 0 Å². The lowest BCUT2D eigenvalue weighted by atomic mass is 10.2. The normalized spacial score (nSPS) is 14.3. The van der Waals surface area contributed by atoms with E-state index < -0.39 is 17.7 Å². The molecule has 0 saturated carbocycles. The summed E-state index contributed by atoms with van der Waals surface area (Å²) in [6.45, 7) is 1.57. The van der Waals surface area contributed by atoms with E-state index in [1.807, 2.05) is 19.1 Å². The number of azo groups is 2. The molecule has 1 aliphatic rings. The maximum Gasteiger partial charge on any atom is 0.437 e. The van der Waals surface area contributed by atoms with Crippen molar-refractivity contribution in [3.8, 4) is 0 Å². The molecule has 0 saturated heterocycles. The predicted octanol–water partition coefficient (Wildman–Crippen LogP) is 1.02. The highest BCUT2D eigenvalue weighted by molar-refractivity contribution is 5.98. The smallest absolute Gasteiger partial charge is 0.320 e. The molecule has 1 N–H and O–H groups in total. The summed E-state index contributed by atoms with van der Waals surface area (Å²) in [7, 11) is 0. The van der Waals surface area contributed by atoms with Crippen LogP contribution in [0.2, 0.25) is 0 Å². The Hall–Kier alpha value is -2.63. The second kappa shape index (κ2) is 5.34. The Morgan fingerprint density at radius 1 is 1.26 bits per heavy atom. The molecule has 0 aliphatic carbocycles. The minimum atomic E-state index is -0.553. The summed E-state index contributed by atoms with van der Waals surface area (Å²) in [5, 5.41) is 6.13. The van der Waals surface area contributed by atoms with Crippen molar-refractivity contribution >= 4 is 23.4 Å². The fraction of sp³-hybridized carbons (Fsp3) is 0.154. The molecule has 2 rings (SSSR count). The molecular formula is C13H12N3O3+. The number of nitrogens with one attached hydrogen (secondary N) is 1. The molecule has 19 heavy (non-hydrogen) atoms. The van der Waals surface area contributed by atoms with Gasteiger partial charge in [0.1, 0.15) is 0 Å². The number of carbonyl (C=O) groups excluding carboxylic acids is 3. The van der Waals surface area contributed by atoms with Gasteiger partial charge in [-0.25, -0.2) is 4.79 Å². The average Bonchev–Trinajstić information content (AvgIpc) is 2.37. The largest absolute Gasteiger partial charge is 0.437 e. The van der Waals surface area contributed by atoms with Crippen LogP contribution >= 0.6 is 0 Å². The molecule has 96 valence electrons. The van der Waals surface area contributed by atoms with Crippen molar-refractivity contribution in [2.45, 2.75) is 6.92 Å². The molecule has 0 spiro atoms. The predicted molar refractivity (Wildman–Crippen MR) is 66.5 cm³/mol. The molecule has 0 atom stereocenters. The molecule has 0 aromatic heterocycles. The fourth-order valence-electron chi connectivity index (χ4n) is 1.58. The third-order valence-corrected chi connectivity index (χ3v) is 2.55. The standard InChI is InChI=1S/C13H11N3O3/c1-9-4-2-3-5-10(9)14-12(18)8-16-13(19)7-6-11(17)15-16/h2-7H,8H2,1H3/p+1. The number of rotatable bonds is 3. The van der Waals surface area contributed by atoms with Crippen LogP contribution in [-0.4, -0.2) is 29.0 Å². The molecule has 6 nitrogen and oxygen atoms in total. The highest BCUT2D eigenvalue weighted by Gasteiger charge is 2.26. The lowest BCUT2D eigenvalue weighted by Crippen LogP contribution is -2.31. The molecule has 3 amide bonds. The third-order valence-electron chi connectivity index (χ3n) is 2.55. The van der Waals surface area contributed by atoms with E-state index in [1.165, 1.54) is 0 Å². The van der Waals surface area contributed by atoms with Crippen molar-refractivity contribution in [1.29, 1.82) is 0 Å². The number of amides is 3. The monoisotopic (exact) mass is 258 g/mol. The van der Waals surface area contributed by atoms with Crippen LogP contribution in [0.15, 0.2) is 41.5 Å². The van der Waals surface area contributed by atoms with Gasteiger partial charge in [-0.3, -0.25) is 9.59 Å². The van der Waals surface area contributed by atoms with Crippen LogP contribution in [-0.2, 0) is 14.4 Å². The number of para-hydroxylation sites is 1. The van der Waals surface area contributed by atoms with Crippen LogP contribution in [0.25, 0.3) is 0 Å². The highest BCUT2D eigenvalue weighted by atomic mass is 16.2. The van der Waals surface area contributed by atoms with E-state index >= 15 is 0 Å². The van der Waals surface area contributed by atoms with E-state index in [1.54, 1.807) is 12.1 Å². The number of carbonyl (C=O) groups is 3. The van der Waals surface area contributed by atoms with Gasteiger partial charge in [-0.1, -0.05) is 18.2 Å². The zero-order chi connectivity index (χ0) is 13.8. The number of hydrogen-bond acceptors (Lipinski definition) is 3. The fourth-order valence-corrected chi connectivity index (χ4v) is 1.58. The zero-order valence-corrected chi connectivity index (χ0v) is 10.3. The molecule has 1 heterocycles. The number of nitrogens with zero attached hydrogens (tertiary/aromatic N) is 2. The number of aryl methyl sites for hydroxylation is 1. The van der Waals surface area contributed by atoms with Gasteiger partial charge in [0.15, 0.2) is 0 Å². The molecule has 1 aliphatic heterocycles. The van der Waals surface area contributed by atoms with E-state index in [4.69, 9.17) is 0 Å². The van der Waals surface area contributed by atoms with Crippen LogP contribution in [0, 0.1) is 6.92 Å². The Morgan fingerprint density at radius 3 is 2.74 bits per heavy atom. The molecule has 0 radical (unpaired) electrons. The van der Waals surface area contributed by atoms with Gasteiger partial charge in [-0.2, -0.15) is 0 Å². The van der Waals surface area contributed by atoms with Gasteiger partial charge < -0.3 is 5.32 Å². The van der Waals surface area contributed by atoms with E-state index in [0.717, 1.165) is 22.4 Å². The molecule has 0 fully saturated rings. The second-order valence-electron chi connectivity index (χ2n) is 4.03. The SMILES string of the molecule is Cc1ccccc1NC(=O)C[N+]1=NC(=O)C=CC1=O. The first-order valence-corrected chi connectivity index (χ1v) is 5.67. The van der Waals surface area contributed by atoms with Gasteiger partial charge in [0.05, 0.1) is 6.08 Å². The van der Waals surface area contributed by atoms with Gasteiger partial charge in [0, 0.05) is 16.9 Å². The lowest BCUT2D eigenvalue weighted by Gasteiger charge is -2.06. The third kappa shape index (κ3) is 3.19. The minimum Gasteiger partial charge on any atom is -0.320 e. The maximum atomic E-state index is 11.8. The maximum absolute atomic E-state index is 11.8. The summed E-state index contributed by atoms with van der Waals surface area (Å²) < 4.78 is 0.843. The van der Waals surface area contributed by atoms with Gasteiger partial charge in [0.2, 0.25) is 0 Å². The van der Waals surface area contributed by atoms with Gasteiger partial charge >= 0.3 is 11.8 Å². The van der Waals surface area contributed by atoms with Gasteiger partial charge in [0.25, 0.3) is 12.5 Å². The molecule has 0 bridgehead atoms. The van der Waals surface area contributed by atoms with E-state index in [-0.39, 0.29) is 6.54 Å². The summed E-state index contributed by atoms with van der Waals surface area (Å²) in [6, 6.07) is 7.27. The first-order valence-electron chi connectivity index (χ1n) is 5.67. The lowest BCUT2D eigenvalue weighted by molar-refractivity contribution is -0.495. The Kier molecular flexibility index (Phi) is 3.61. The van der Waals surface area contributed by atoms with Crippen molar-refractivity contribution in [2.24, 2.45) is 5.11 Å². The Bertz CT molecular complexity index is 617. The minimum absolute atomic E-state index is 0.288. The van der Waals surface area contributed by atoms with Crippen LogP contribution in [0.3, 0.4) is 0 Å². The quantitative estimate of drug-likeness (QED) is 0.822. The van der Waals surface area contributed by atoms with E-state index in [0.29, 0.717) is 5.69 Å². The number of hydrogen-bond donors (Lipinski definition) is 1. The highest BCUT2D eigenvalue weighted by Crippen LogP contribution is 2.12. The van der Waals surface area contributed by atoms with Crippen LogP contribution in [0.1, 0.15) is 5.56 Å². The summed E-state index contributed by atoms with van der Waals surface area (Å²) in [5.41, 5.74) is 1.58. The zero-order valence-electron chi connectivity index (χ0n) is 10.3. The Labute approximate surface area is 109 Å². The van der Waals surface area contributed by atoms with E-state index in [9.17, 15) is 14.4 Å². The molecule has 6 heteroatoms. The first-order chi connectivity index (χ1) is 9.06. The molecular weight excluding hydrogens is 246 g/mol. The van der Waals surface area contributed by atoms with Gasteiger partial charge in [-0.05, 0) is 23.3 Å². The molecule has 0 unspecified atom stereocenters. The Balaban J connectivity index is 2.05. The first kappa shape index (κ1) is 12.8.